The number of halogens is 1. The number of carbonyl (C=O) groups excluding carboxylic acids is 2. The number of nitrogens with zero attached hydrogens (tertiary/aromatic N) is 2. The molecule has 0 unspecified atom stereocenters. The van der Waals surface area contributed by atoms with Gasteiger partial charge >= 0.3 is 6.03 Å². The van der Waals surface area contributed by atoms with Crippen LogP contribution >= 0.6 is 12.4 Å². The first kappa shape index (κ1) is 17.2. The van der Waals surface area contributed by atoms with E-state index in [1.807, 2.05) is 0 Å². The van der Waals surface area contributed by atoms with E-state index in [1.54, 1.807) is 13.8 Å². The van der Waals surface area contributed by atoms with Crippen LogP contribution in [0.1, 0.15) is 26.7 Å². The van der Waals surface area contributed by atoms with E-state index in [9.17, 15) is 9.59 Å². The fraction of sp³-hybridized carbons (Fsp3) is 0.846. The molecule has 3 N–H and O–H groups in total. The van der Waals surface area contributed by atoms with E-state index in [1.165, 1.54) is 4.90 Å². The number of piperidine rings is 1. The molecule has 0 aliphatic carbocycles. The second-order valence-corrected chi connectivity index (χ2v) is 6.03. The van der Waals surface area contributed by atoms with Crippen LogP contribution in [0, 0.1) is 5.92 Å². The lowest BCUT2D eigenvalue weighted by atomic mass is 9.97. The van der Waals surface area contributed by atoms with E-state index >= 15 is 0 Å². The first-order valence-electron chi connectivity index (χ1n) is 7.00. The molecule has 116 valence electrons. The van der Waals surface area contributed by atoms with Crippen LogP contribution in [0.5, 0.6) is 0 Å². The third-order valence-electron chi connectivity index (χ3n) is 4.12. The summed E-state index contributed by atoms with van der Waals surface area (Å²) in [5, 5.41) is 2.70. The Morgan fingerprint density at radius 1 is 1.25 bits per heavy atom. The van der Waals surface area contributed by atoms with Gasteiger partial charge in [-0.05, 0) is 52.2 Å². The van der Waals surface area contributed by atoms with Crippen molar-refractivity contribution in [2.75, 3.05) is 32.7 Å². The summed E-state index contributed by atoms with van der Waals surface area (Å²) in [5.41, 5.74) is 4.90. The number of urea groups is 1. The Morgan fingerprint density at radius 2 is 1.85 bits per heavy atom. The molecule has 6 nitrogen and oxygen atoms in total. The third kappa shape index (κ3) is 3.62. The van der Waals surface area contributed by atoms with Crippen molar-refractivity contribution in [3.05, 3.63) is 0 Å². The zero-order valence-corrected chi connectivity index (χ0v) is 13.0. The molecule has 7 heteroatoms. The van der Waals surface area contributed by atoms with Gasteiger partial charge in [-0.2, -0.15) is 0 Å². The number of hydrogen-bond acceptors (Lipinski definition) is 4. The lowest BCUT2D eigenvalue weighted by Gasteiger charge is -2.32. The zero-order valence-electron chi connectivity index (χ0n) is 12.2. The van der Waals surface area contributed by atoms with Crippen LogP contribution in [0.15, 0.2) is 0 Å². The molecule has 0 aromatic carbocycles. The normalized spacial score (nSPS) is 23.6. The quantitative estimate of drug-likeness (QED) is 0.737. The molecule has 0 atom stereocenters. The summed E-state index contributed by atoms with van der Waals surface area (Å²) in [7, 11) is 0. The van der Waals surface area contributed by atoms with E-state index in [0.29, 0.717) is 12.5 Å². The molecule has 0 saturated carbocycles. The molecule has 2 aliphatic rings. The van der Waals surface area contributed by atoms with Gasteiger partial charge in [-0.15, -0.1) is 12.4 Å². The minimum Gasteiger partial charge on any atom is -0.330 e. The van der Waals surface area contributed by atoms with Gasteiger partial charge in [0.1, 0.15) is 5.54 Å². The SMILES string of the molecule is CC1(C)NC(=O)N(CCN2CCC(CN)CC2)C1=O.Cl. The molecule has 0 bridgehead atoms. The highest BCUT2D eigenvalue weighted by atomic mass is 35.5. The first-order valence-corrected chi connectivity index (χ1v) is 7.00. The van der Waals surface area contributed by atoms with Crippen molar-refractivity contribution in [1.29, 1.82) is 0 Å². The molecule has 2 saturated heterocycles. The molecule has 3 amide bonds. The molecule has 0 aromatic rings. The van der Waals surface area contributed by atoms with Crippen LogP contribution in [0.4, 0.5) is 4.79 Å². The van der Waals surface area contributed by atoms with Crippen LogP contribution in [0.2, 0.25) is 0 Å². The average molecular weight is 305 g/mol. The van der Waals surface area contributed by atoms with Gasteiger partial charge in [0.2, 0.25) is 0 Å². The Labute approximate surface area is 126 Å². The molecule has 2 fully saturated rings. The lowest BCUT2D eigenvalue weighted by molar-refractivity contribution is -0.130. The second-order valence-electron chi connectivity index (χ2n) is 6.03. The van der Waals surface area contributed by atoms with E-state index in [4.69, 9.17) is 5.73 Å². The molecule has 20 heavy (non-hydrogen) atoms. The Bertz CT molecular complexity index is 367. The minimum absolute atomic E-state index is 0. The van der Waals surface area contributed by atoms with Crippen LogP contribution in [-0.2, 0) is 4.79 Å². The van der Waals surface area contributed by atoms with Crippen molar-refractivity contribution in [3.8, 4) is 0 Å². The number of nitrogens with one attached hydrogen (secondary N) is 1. The number of amides is 3. The van der Waals surface area contributed by atoms with Crippen molar-refractivity contribution in [2.24, 2.45) is 11.7 Å². The minimum atomic E-state index is -0.760. The number of carbonyl (C=O) groups is 2. The van der Waals surface area contributed by atoms with Gasteiger partial charge in [0, 0.05) is 13.1 Å². The molecular formula is C13H25ClN4O2. The topological polar surface area (TPSA) is 78.7 Å². The maximum absolute atomic E-state index is 12.0. The second kappa shape index (κ2) is 6.74. The molecule has 2 rings (SSSR count). The van der Waals surface area contributed by atoms with Gasteiger partial charge < -0.3 is 16.0 Å². The molecule has 0 aromatic heterocycles. The van der Waals surface area contributed by atoms with Gasteiger partial charge in [-0.3, -0.25) is 9.69 Å². The smallest absolute Gasteiger partial charge is 0.325 e. The van der Waals surface area contributed by atoms with Gasteiger partial charge in [-0.25, -0.2) is 4.79 Å². The molecule has 2 heterocycles. The molecule has 2 aliphatic heterocycles. The van der Waals surface area contributed by atoms with Crippen molar-refractivity contribution >= 4 is 24.3 Å². The molecular weight excluding hydrogens is 280 g/mol. The van der Waals surface area contributed by atoms with Crippen LogP contribution < -0.4 is 11.1 Å². The fourth-order valence-electron chi connectivity index (χ4n) is 2.71. The summed E-state index contributed by atoms with van der Waals surface area (Å²) in [6.45, 7) is 7.48. The van der Waals surface area contributed by atoms with Gasteiger partial charge in [-0.1, -0.05) is 0 Å². The zero-order chi connectivity index (χ0) is 14.0. The van der Waals surface area contributed by atoms with Crippen molar-refractivity contribution in [1.82, 2.24) is 15.1 Å². The number of imide groups is 1. The Hall–Kier alpha value is -0.850. The Kier molecular flexibility index (Phi) is 5.79. The summed E-state index contributed by atoms with van der Waals surface area (Å²) in [6, 6.07) is -0.271. The predicted molar refractivity (Wildman–Crippen MR) is 79.8 cm³/mol. The average Bonchev–Trinajstić information content (AvgIpc) is 2.57. The highest BCUT2D eigenvalue weighted by molar-refractivity contribution is 6.06. The van der Waals surface area contributed by atoms with Crippen molar-refractivity contribution < 1.29 is 9.59 Å². The van der Waals surface area contributed by atoms with Gasteiger partial charge in [0.05, 0.1) is 0 Å². The van der Waals surface area contributed by atoms with E-state index < -0.39 is 5.54 Å². The van der Waals surface area contributed by atoms with Crippen molar-refractivity contribution in [3.63, 3.8) is 0 Å². The van der Waals surface area contributed by atoms with E-state index in [0.717, 1.165) is 39.0 Å². The maximum Gasteiger partial charge on any atom is 0.325 e. The standard InChI is InChI=1S/C13H24N4O2.ClH/c1-13(2)11(18)17(12(19)15-13)8-7-16-5-3-10(9-14)4-6-16;/h10H,3-9,14H2,1-2H3,(H,15,19);1H. The highest BCUT2D eigenvalue weighted by Gasteiger charge is 2.43. The van der Waals surface area contributed by atoms with Crippen LogP contribution in [0.3, 0.4) is 0 Å². The van der Waals surface area contributed by atoms with Crippen LogP contribution in [0.25, 0.3) is 0 Å². The van der Waals surface area contributed by atoms with Gasteiger partial charge in [0.25, 0.3) is 5.91 Å². The number of likely N-dealkylation sites (tertiary alicyclic amines) is 1. The van der Waals surface area contributed by atoms with Crippen molar-refractivity contribution in [2.45, 2.75) is 32.2 Å². The fourth-order valence-corrected chi connectivity index (χ4v) is 2.71. The Morgan fingerprint density at radius 3 is 2.30 bits per heavy atom. The number of rotatable bonds is 4. The van der Waals surface area contributed by atoms with Crippen LogP contribution in [-0.4, -0.2) is 60.0 Å². The van der Waals surface area contributed by atoms with E-state index in [-0.39, 0.29) is 24.3 Å². The summed E-state index contributed by atoms with van der Waals surface area (Å²) in [5.74, 6) is 0.501. The number of hydrogen-bond donors (Lipinski definition) is 2. The largest absolute Gasteiger partial charge is 0.330 e. The predicted octanol–water partition coefficient (Wildman–Crippen LogP) is 0.409. The Balaban J connectivity index is 0.00000200. The monoisotopic (exact) mass is 304 g/mol. The molecule has 0 spiro atoms. The lowest BCUT2D eigenvalue weighted by Crippen LogP contribution is -2.43. The van der Waals surface area contributed by atoms with Gasteiger partial charge in [0.15, 0.2) is 0 Å². The maximum atomic E-state index is 12.0. The summed E-state index contributed by atoms with van der Waals surface area (Å²) >= 11 is 0. The third-order valence-corrected chi connectivity index (χ3v) is 4.12. The highest BCUT2D eigenvalue weighted by Crippen LogP contribution is 2.18. The summed E-state index contributed by atoms with van der Waals surface area (Å²) < 4.78 is 0. The number of nitrogens with two attached hydrogens (primary N) is 1. The first-order chi connectivity index (χ1) is 8.94. The summed E-state index contributed by atoms with van der Waals surface area (Å²) in [6.07, 6.45) is 2.23. The summed E-state index contributed by atoms with van der Waals surface area (Å²) in [4.78, 5) is 27.4. The molecule has 0 radical (unpaired) electrons. The van der Waals surface area contributed by atoms with E-state index in [2.05, 4.69) is 10.2 Å².